The number of ether oxygens (including phenoxy) is 4. The van der Waals surface area contributed by atoms with Gasteiger partial charge in [0.15, 0.2) is 12.6 Å². The van der Waals surface area contributed by atoms with Crippen molar-refractivity contribution in [2.75, 3.05) is 19.8 Å². The molecule has 0 radical (unpaired) electrons. The molecule has 0 aromatic rings. The highest BCUT2D eigenvalue weighted by molar-refractivity contribution is 5.76. The molecule has 0 spiro atoms. The van der Waals surface area contributed by atoms with E-state index in [1.165, 1.54) is 218 Å². The van der Waals surface area contributed by atoms with Crippen LogP contribution in [0.3, 0.4) is 0 Å². The minimum Gasteiger partial charge on any atom is -0.394 e. The second kappa shape index (κ2) is 48.7. The van der Waals surface area contributed by atoms with Crippen molar-refractivity contribution in [2.45, 2.75) is 370 Å². The summed E-state index contributed by atoms with van der Waals surface area (Å²) in [6.45, 7) is 2.90. The van der Waals surface area contributed by atoms with Crippen molar-refractivity contribution in [1.82, 2.24) is 5.32 Å². The highest BCUT2D eigenvalue weighted by Crippen LogP contribution is 2.30. The molecule has 0 aliphatic carbocycles. The molecule has 12 atom stereocenters. The van der Waals surface area contributed by atoms with E-state index < -0.39 is 86.8 Å². The first-order valence-corrected chi connectivity index (χ1v) is 32.3. The highest BCUT2D eigenvalue weighted by Gasteiger charge is 2.51. The molecule has 2 fully saturated rings. The van der Waals surface area contributed by atoms with Crippen LogP contribution in [0.1, 0.15) is 296 Å². The standard InChI is InChI=1S/C62H121NO13/c1-3-5-7-9-11-13-15-17-19-20-21-22-23-24-25-26-27-28-29-30-31-32-34-36-38-40-42-44-46-54(67)63-50(51(66)45-43-41-39-37-35-33-18-16-14-12-10-8-6-4-2)49-73-61-59(72)57(70)60(53(48-65)75-61)76-62-58(71)56(69)55(68)52(47-64)74-62/h50-53,55-62,64-66,68-72H,3-49H2,1-2H3,(H,63,67). The van der Waals surface area contributed by atoms with Gasteiger partial charge in [0, 0.05) is 6.42 Å². The predicted molar refractivity (Wildman–Crippen MR) is 305 cm³/mol. The Morgan fingerprint density at radius 3 is 1.12 bits per heavy atom. The number of hydrogen-bond acceptors (Lipinski definition) is 13. The first kappa shape index (κ1) is 71.1. The molecule has 14 heteroatoms. The Hall–Kier alpha value is -1.01. The zero-order valence-corrected chi connectivity index (χ0v) is 48.8. The number of rotatable bonds is 53. The van der Waals surface area contributed by atoms with Gasteiger partial charge in [-0.3, -0.25) is 4.79 Å². The fourth-order valence-electron chi connectivity index (χ4n) is 11.1. The molecule has 0 saturated carbocycles. The minimum absolute atomic E-state index is 0.199. The number of carbonyl (C=O) groups is 1. The van der Waals surface area contributed by atoms with Gasteiger partial charge >= 0.3 is 0 Å². The van der Waals surface area contributed by atoms with Gasteiger partial charge in [-0.15, -0.1) is 0 Å². The molecular weight excluding hydrogens is 967 g/mol. The Bertz CT molecular complexity index is 1280. The van der Waals surface area contributed by atoms with Crippen LogP contribution in [-0.2, 0) is 23.7 Å². The van der Waals surface area contributed by atoms with Gasteiger partial charge in [0.1, 0.15) is 48.8 Å². The number of unbranched alkanes of at least 4 members (excludes halogenated alkanes) is 40. The van der Waals surface area contributed by atoms with E-state index in [9.17, 15) is 45.6 Å². The molecule has 0 bridgehead atoms. The summed E-state index contributed by atoms with van der Waals surface area (Å²) in [6.07, 6.45) is 38.3. The lowest BCUT2D eigenvalue weighted by Gasteiger charge is -2.46. The number of aliphatic hydroxyl groups excluding tert-OH is 8. The summed E-state index contributed by atoms with van der Waals surface area (Å²) in [5, 5.41) is 87.3. The second-order valence-corrected chi connectivity index (χ2v) is 23.3. The van der Waals surface area contributed by atoms with Crippen molar-refractivity contribution in [3.05, 3.63) is 0 Å². The first-order chi connectivity index (χ1) is 37.1. The van der Waals surface area contributed by atoms with Gasteiger partial charge in [0.2, 0.25) is 5.91 Å². The Balaban J connectivity index is 1.65. The van der Waals surface area contributed by atoms with Crippen LogP contribution in [0.5, 0.6) is 0 Å². The molecule has 9 N–H and O–H groups in total. The zero-order chi connectivity index (χ0) is 55.3. The fourth-order valence-corrected chi connectivity index (χ4v) is 11.1. The number of hydrogen-bond donors (Lipinski definition) is 9. The van der Waals surface area contributed by atoms with Crippen molar-refractivity contribution in [3.63, 3.8) is 0 Å². The number of carbonyl (C=O) groups excluding carboxylic acids is 1. The molecule has 452 valence electrons. The first-order valence-electron chi connectivity index (χ1n) is 32.3. The van der Waals surface area contributed by atoms with Crippen LogP contribution >= 0.6 is 0 Å². The smallest absolute Gasteiger partial charge is 0.220 e. The van der Waals surface area contributed by atoms with E-state index in [-0.39, 0.29) is 12.5 Å². The molecule has 2 aliphatic rings. The van der Waals surface area contributed by atoms with Gasteiger partial charge in [-0.25, -0.2) is 0 Å². The van der Waals surface area contributed by atoms with Gasteiger partial charge in [0.05, 0.1) is 32.0 Å². The van der Waals surface area contributed by atoms with E-state index in [0.29, 0.717) is 12.8 Å². The molecule has 2 saturated heterocycles. The summed E-state index contributed by atoms with van der Waals surface area (Å²) in [7, 11) is 0. The summed E-state index contributed by atoms with van der Waals surface area (Å²) in [6, 6.07) is -0.822. The minimum atomic E-state index is -1.78. The van der Waals surface area contributed by atoms with Gasteiger partial charge in [-0.2, -0.15) is 0 Å². The molecule has 2 rings (SSSR count). The van der Waals surface area contributed by atoms with Gasteiger partial charge in [-0.1, -0.05) is 277 Å². The summed E-state index contributed by atoms with van der Waals surface area (Å²) >= 11 is 0. The van der Waals surface area contributed by atoms with Crippen molar-refractivity contribution in [3.8, 4) is 0 Å². The molecule has 0 aromatic heterocycles. The average Bonchev–Trinajstić information content (AvgIpc) is 3.42. The van der Waals surface area contributed by atoms with Gasteiger partial charge < -0.3 is 65.1 Å². The van der Waals surface area contributed by atoms with Crippen molar-refractivity contribution < 1.29 is 64.6 Å². The maximum atomic E-state index is 13.3. The van der Waals surface area contributed by atoms with E-state index in [2.05, 4.69) is 19.2 Å². The molecule has 76 heavy (non-hydrogen) atoms. The molecule has 1 amide bonds. The fraction of sp³-hybridized carbons (Fsp3) is 0.984. The van der Waals surface area contributed by atoms with E-state index >= 15 is 0 Å². The van der Waals surface area contributed by atoms with E-state index in [4.69, 9.17) is 18.9 Å². The third-order valence-electron chi connectivity index (χ3n) is 16.3. The van der Waals surface area contributed by atoms with Crippen LogP contribution in [0.15, 0.2) is 0 Å². The van der Waals surface area contributed by atoms with Crippen LogP contribution < -0.4 is 5.32 Å². The topological polar surface area (TPSA) is 228 Å². The van der Waals surface area contributed by atoms with E-state index in [1.54, 1.807) is 0 Å². The van der Waals surface area contributed by atoms with Crippen LogP contribution in [0.2, 0.25) is 0 Å². The molecule has 0 aromatic carbocycles. The van der Waals surface area contributed by atoms with Crippen LogP contribution in [0, 0.1) is 0 Å². The van der Waals surface area contributed by atoms with Gasteiger partial charge in [0.25, 0.3) is 0 Å². The van der Waals surface area contributed by atoms with Crippen LogP contribution in [0.25, 0.3) is 0 Å². The lowest BCUT2D eigenvalue weighted by molar-refractivity contribution is -0.359. The third-order valence-corrected chi connectivity index (χ3v) is 16.3. The van der Waals surface area contributed by atoms with Crippen LogP contribution in [0.4, 0.5) is 0 Å². The van der Waals surface area contributed by atoms with Gasteiger partial charge in [-0.05, 0) is 12.8 Å². The largest absolute Gasteiger partial charge is 0.394 e. The molecule has 12 unspecified atom stereocenters. The van der Waals surface area contributed by atoms with Crippen molar-refractivity contribution in [2.24, 2.45) is 0 Å². The quantitative estimate of drug-likeness (QED) is 0.0259. The lowest BCUT2D eigenvalue weighted by Crippen LogP contribution is -2.65. The highest BCUT2D eigenvalue weighted by atomic mass is 16.7. The normalized spacial score (nSPS) is 24.8. The molecular formula is C62H121NO13. The Kier molecular flexibility index (Phi) is 45.5. The zero-order valence-electron chi connectivity index (χ0n) is 48.8. The molecule has 14 nitrogen and oxygen atoms in total. The summed E-state index contributed by atoms with van der Waals surface area (Å²) < 4.78 is 22.9. The van der Waals surface area contributed by atoms with Crippen molar-refractivity contribution in [1.29, 1.82) is 0 Å². The maximum Gasteiger partial charge on any atom is 0.220 e. The van der Waals surface area contributed by atoms with E-state index in [1.807, 2.05) is 0 Å². The molecule has 2 heterocycles. The average molecular weight is 1090 g/mol. The van der Waals surface area contributed by atoms with Crippen molar-refractivity contribution >= 4 is 5.91 Å². The summed E-state index contributed by atoms with van der Waals surface area (Å²) in [5.41, 5.74) is 0. The Morgan fingerprint density at radius 2 is 0.750 bits per heavy atom. The summed E-state index contributed by atoms with van der Waals surface area (Å²) in [4.78, 5) is 13.3. The predicted octanol–water partition coefficient (Wildman–Crippen LogP) is 11.7. The van der Waals surface area contributed by atoms with Crippen LogP contribution in [-0.4, -0.2) is 140 Å². The number of nitrogens with one attached hydrogen (secondary N) is 1. The summed E-state index contributed by atoms with van der Waals surface area (Å²) in [5.74, 6) is -0.199. The lowest BCUT2D eigenvalue weighted by atomic mass is 9.97. The second-order valence-electron chi connectivity index (χ2n) is 23.3. The van der Waals surface area contributed by atoms with E-state index in [0.717, 1.165) is 51.4 Å². The Labute approximate surface area is 464 Å². The maximum absolute atomic E-state index is 13.3. The third kappa shape index (κ3) is 33.7. The SMILES string of the molecule is CCCCCCCCCCCCCCCCCCCCCCCCCCCCCCC(=O)NC(COC1OC(CO)C(OC2OC(CO)C(O)C(O)C2O)C(O)C1O)C(O)CCCCCCCCCCCCCCCC. The molecule has 2 aliphatic heterocycles. The Morgan fingerprint density at radius 1 is 0.421 bits per heavy atom. The monoisotopic (exact) mass is 1090 g/mol. The number of aliphatic hydroxyl groups is 8. The number of amides is 1.